The van der Waals surface area contributed by atoms with Crippen LogP contribution in [0.4, 0.5) is 0 Å². The number of aliphatic hydroxyl groups is 3. The first-order chi connectivity index (χ1) is 2.81. The molecule has 0 heterocycles. The van der Waals surface area contributed by atoms with Gasteiger partial charge in [-0.25, -0.2) is 0 Å². The third-order valence-electron chi connectivity index (χ3n) is 0.421. The van der Waals surface area contributed by atoms with E-state index in [1.54, 1.807) is 0 Å². The number of hydrogen-bond acceptors (Lipinski definition) is 3. The normalized spacial score (nSPS) is 6.00. The summed E-state index contributed by atoms with van der Waals surface area (Å²) in [4.78, 5) is 0. The van der Waals surface area contributed by atoms with Crippen molar-refractivity contribution >= 4 is 118 Å². The maximum atomic E-state index is 8.17. The van der Waals surface area contributed by atoms with Crippen LogP contribution in [0.5, 0.6) is 0 Å². The zero-order chi connectivity index (χ0) is 4.99. The molecule has 0 aromatic heterocycles. The summed E-state index contributed by atoms with van der Waals surface area (Å²) in [5.74, 6) is 0. The van der Waals surface area contributed by atoms with Crippen molar-refractivity contribution in [2.75, 3.05) is 13.2 Å². The molecule has 0 saturated heterocycles. The van der Waals surface area contributed by atoms with Gasteiger partial charge in [-0.3, -0.25) is 0 Å². The summed E-state index contributed by atoms with van der Waals surface area (Å²) < 4.78 is 0. The van der Waals surface area contributed by atoms with Gasteiger partial charge in [0.1, 0.15) is 6.10 Å². The molecule has 0 aliphatic carbocycles. The van der Waals surface area contributed by atoms with Gasteiger partial charge in [-0.2, -0.15) is 0 Å². The van der Waals surface area contributed by atoms with Crippen LogP contribution in [0.25, 0.3) is 0 Å². The minimum absolute atomic E-state index is 0. The average molecular weight is 188 g/mol. The molecule has 0 aliphatic heterocycles. The third kappa shape index (κ3) is 22.6. The first-order valence-corrected chi connectivity index (χ1v) is 1.71. The Hall–Kier alpha value is 3.88. The number of hydrogen-bond donors (Lipinski definition) is 3. The fraction of sp³-hybridized carbons (Fsp3) is 1.00. The van der Waals surface area contributed by atoms with E-state index < -0.39 is 6.10 Å². The van der Waals surface area contributed by atoms with Gasteiger partial charge in [0.25, 0.3) is 0 Å². The molecule has 0 radical (unpaired) electrons. The second-order valence-electron chi connectivity index (χ2n) is 1.02. The molecule has 10 heavy (non-hydrogen) atoms. The Bertz CT molecular complexity index is 34.9. The molecule has 3 nitrogen and oxygen atoms in total. The third-order valence-corrected chi connectivity index (χ3v) is 0.421. The topological polar surface area (TPSA) is 60.7 Å². The van der Waals surface area contributed by atoms with Gasteiger partial charge >= 0.3 is 118 Å². The van der Waals surface area contributed by atoms with Gasteiger partial charge in [-0.1, -0.05) is 0 Å². The van der Waals surface area contributed by atoms with Crippen molar-refractivity contribution in [3.63, 3.8) is 0 Å². The number of rotatable bonds is 2. The Labute approximate surface area is 150 Å². The molecule has 0 atom stereocenters. The van der Waals surface area contributed by atoms with Crippen LogP contribution < -0.4 is 0 Å². The second kappa shape index (κ2) is 23.1. The van der Waals surface area contributed by atoms with E-state index in [0.717, 1.165) is 0 Å². The molecule has 0 spiro atoms. The van der Waals surface area contributed by atoms with Gasteiger partial charge in [-0.05, 0) is 0 Å². The van der Waals surface area contributed by atoms with Gasteiger partial charge in [0.05, 0.1) is 13.2 Å². The summed E-state index contributed by atoms with van der Waals surface area (Å²) in [5, 5.41) is 24.0. The standard InChI is InChI=1S/C3H8O3.4Na.4H/c4-1-3(6)2-5;;;;;;;;/h3-6H,1-2H2;;;;;;;;. The van der Waals surface area contributed by atoms with E-state index in [0.29, 0.717) is 0 Å². The van der Waals surface area contributed by atoms with E-state index in [1.807, 2.05) is 0 Å². The van der Waals surface area contributed by atoms with Gasteiger partial charge in [0, 0.05) is 0 Å². The SMILES string of the molecule is OCC(O)CO.[NaH].[NaH].[NaH].[NaH]. The first kappa shape index (κ1) is 29.2. The van der Waals surface area contributed by atoms with Gasteiger partial charge < -0.3 is 15.3 Å². The predicted molar refractivity (Wildman–Crippen MR) is 48.8 cm³/mol. The van der Waals surface area contributed by atoms with Crippen LogP contribution in [-0.4, -0.2) is 153 Å². The van der Waals surface area contributed by atoms with E-state index in [4.69, 9.17) is 15.3 Å². The molecular weight excluding hydrogens is 176 g/mol. The Kier molecular flexibility index (Phi) is 67.3. The summed E-state index contributed by atoms with van der Waals surface area (Å²) in [5.41, 5.74) is 0. The van der Waals surface area contributed by atoms with Gasteiger partial charge in [0.15, 0.2) is 0 Å². The van der Waals surface area contributed by atoms with Crippen LogP contribution in [0, 0.1) is 0 Å². The Balaban J connectivity index is -0.0000000208. The summed E-state index contributed by atoms with van der Waals surface area (Å²) >= 11 is 0. The zero-order valence-corrected chi connectivity index (χ0v) is 3.33. The van der Waals surface area contributed by atoms with E-state index >= 15 is 0 Å². The van der Waals surface area contributed by atoms with Gasteiger partial charge in [0.2, 0.25) is 0 Å². The first-order valence-electron chi connectivity index (χ1n) is 1.71. The maximum absolute atomic E-state index is 8.17. The van der Waals surface area contributed by atoms with Crippen LogP contribution in [0.1, 0.15) is 0 Å². The van der Waals surface area contributed by atoms with E-state index in [-0.39, 0.29) is 131 Å². The molecule has 0 amide bonds. The van der Waals surface area contributed by atoms with Crippen molar-refractivity contribution in [2.24, 2.45) is 0 Å². The summed E-state index contributed by atoms with van der Waals surface area (Å²) in [6.45, 7) is -0.729. The minimum atomic E-state index is -0.954. The van der Waals surface area contributed by atoms with Crippen LogP contribution in [0.15, 0.2) is 0 Å². The van der Waals surface area contributed by atoms with Crippen LogP contribution in [0.3, 0.4) is 0 Å². The van der Waals surface area contributed by atoms with Crippen molar-refractivity contribution in [1.29, 1.82) is 0 Å². The molecule has 46 valence electrons. The van der Waals surface area contributed by atoms with Crippen molar-refractivity contribution < 1.29 is 15.3 Å². The predicted octanol–water partition coefficient (Wildman–Crippen LogP) is -4.26. The van der Waals surface area contributed by atoms with Gasteiger partial charge in [-0.15, -0.1) is 0 Å². The molecule has 0 unspecified atom stereocenters. The van der Waals surface area contributed by atoms with Crippen molar-refractivity contribution in [1.82, 2.24) is 0 Å². The molecule has 7 heteroatoms. The molecule has 0 fully saturated rings. The number of aliphatic hydroxyl groups excluding tert-OH is 3. The molecule has 0 rings (SSSR count). The summed E-state index contributed by atoms with van der Waals surface area (Å²) in [7, 11) is 0. The average Bonchev–Trinajstić information content (AvgIpc) is 1.65. The molecule has 3 N–H and O–H groups in total. The quantitative estimate of drug-likeness (QED) is 0.384. The molecule has 0 aliphatic rings. The molecule has 0 saturated carbocycles. The Morgan fingerprint density at radius 2 is 1.00 bits per heavy atom. The Morgan fingerprint density at radius 1 is 0.800 bits per heavy atom. The van der Waals surface area contributed by atoms with Crippen LogP contribution in [0.2, 0.25) is 0 Å². The van der Waals surface area contributed by atoms with Crippen molar-refractivity contribution in [3.05, 3.63) is 0 Å². The Morgan fingerprint density at radius 3 is 1.00 bits per heavy atom. The van der Waals surface area contributed by atoms with E-state index in [2.05, 4.69) is 0 Å². The van der Waals surface area contributed by atoms with Crippen LogP contribution in [-0.2, 0) is 0 Å². The van der Waals surface area contributed by atoms with Crippen LogP contribution >= 0.6 is 0 Å². The monoisotopic (exact) mass is 188 g/mol. The van der Waals surface area contributed by atoms with Crippen molar-refractivity contribution in [2.45, 2.75) is 6.10 Å². The molecule has 0 bridgehead atoms. The summed E-state index contributed by atoms with van der Waals surface area (Å²) in [6, 6.07) is 0. The zero-order valence-electron chi connectivity index (χ0n) is 3.33. The fourth-order valence-electron chi connectivity index (χ4n) is 0.0577. The van der Waals surface area contributed by atoms with Crippen molar-refractivity contribution in [3.8, 4) is 0 Å². The molecule has 0 aromatic carbocycles. The molecule has 0 aromatic rings. The second-order valence-corrected chi connectivity index (χ2v) is 1.02. The summed E-state index contributed by atoms with van der Waals surface area (Å²) in [6.07, 6.45) is -0.954. The van der Waals surface area contributed by atoms with E-state index in [9.17, 15) is 0 Å². The molecular formula is C3H12Na4O3. The van der Waals surface area contributed by atoms with E-state index in [1.165, 1.54) is 0 Å². The fourth-order valence-corrected chi connectivity index (χ4v) is 0.0577.